The molecule has 1 heterocycles. The number of rotatable bonds is 7. The van der Waals surface area contributed by atoms with Crippen molar-refractivity contribution in [2.75, 3.05) is 20.2 Å². The summed E-state index contributed by atoms with van der Waals surface area (Å²) in [6, 6.07) is 11.3. The van der Waals surface area contributed by atoms with Crippen LogP contribution >= 0.6 is 0 Å². The molecule has 0 aliphatic carbocycles. The zero-order valence-corrected chi connectivity index (χ0v) is 12.7. The normalized spacial score (nSPS) is 10.1. The van der Waals surface area contributed by atoms with E-state index in [0.717, 1.165) is 5.69 Å². The molecule has 2 rings (SSSR count). The highest BCUT2D eigenvalue weighted by atomic mass is 16.6. The van der Waals surface area contributed by atoms with E-state index in [1.165, 1.54) is 24.3 Å². The number of nitro groups is 1. The van der Waals surface area contributed by atoms with Crippen LogP contribution in [0.5, 0.6) is 5.75 Å². The molecule has 0 N–H and O–H groups in total. The molecule has 1 aromatic heterocycles. The van der Waals surface area contributed by atoms with Gasteiger partial charge in [-0.1, -0.05) is 6.07 Å². The maximum atomic E-state index is 12.0. The quantitative estimate of drug-likeness (QED) is 0.577. The highest BCUT2D eigenvalue weighted by Gasteiger charge is 2.11. The Morgan fingerprint density at radius 1 is 1.26 bits per heavy atom. The number of aromatic nitrogens is 1. The highest BCUT2D eigenvalue weighted by Crippen LogP contribution is 2.17. The van der Waals surface area contributed by atoms with Gasteiger partial charge in [0.05, 0.1) is 4.92 Å². The molecule has 2 aromatic rings. The molecule has 0 atom stereocenters. The first kappa shape index (κ1) is 16.4. The monoisotopic (exact) mass is 315 g/mol. The summed E-state index contributed by atoms with van der Waals surface area (Å²) < 4.78 is 5.35. The summed E-state index contributed by atoms with van der Waals surface area (Å²) >= 11 is 0. The second-order valence-corrected chi connectivity index (χ2v) is 4.93. The van der Waals surface area contributed by atoms with Gasteiger partial charge in [0.25, 0.3) is 11.6 Å². The molecule has 0 spiro atoms. The largest absolute Gasteiger partial charge is 0.484 e. The lowest BCUT2D eigenvalue weighted by Crippen LogP contribution is -2.33. The Hall–Kier alpha value is -2.96. The fourth-order valence-corrected chi connectivity index (χ4v) is 1.87. The summed E-state index contributed by atoms with van der Waals surface area (Å²) in [5, 5.41) is 10.6. The summed E-state index contributed by atoms with van der Waals surface area (Å²) in [5.41, 5.74) is 0.902. The van der Waals surface area contributed by atoms with Crippen molar-refractivity contribution in [1.82, 2.24) is 9.88 Å². The number of hydrogen-bond acceptors (Lipinski definition) is 5. The number of benzene rings is 1. The average Bonchev–Trinajstić information content (AvgIpc) is 2.58. The number of likely N-dealkylation sites (N-methyl/N-ethyl adjacent to an activating group) is 1. The van der Waals surface area contributed by atoms with Gasteiger partial charge in [-0.15, -0.1) is 0 Å². The van der Waals surface area contributed by atoms with E-state index in [1.54, 1.807) is 18.1 Å². The van der Waals surface area contributed by atoms with E-state index in [4.69, 9.17) is 4.74 Å². The van der Waals surface area contributed by atoms with Crippen molar-refractivity contribution >= 4 is 11.6 Å². The number of ether oxygens (including phenoxy) is 1. The zero-order chi connectivity index (χ0) is 16.7. The van der Waals surface area contributed by atoms with E-state index in [2.05, 4.69) is 4.98 Å². The van der Waals surface area contributed by atoms with Crippen LogP contribution in [0, 0.1) is 10.1 Å². The van der Waals surface area contributed by atoms with Crippen molar-refractivity contribution in [2.24, 2.45) is 0 Å². The van der Waals surface area contributed by atoms with Crippen molar-refractivity contribution in [3.8, 4) is 5.75 Å². The number of non-ortho nitro benzene ring substituents is 1. The van der Waals surface area contributed by atoms with E-state index >= 15 is 0 Å². The average molecular weight is 315 g/mol. The molecule has 0 saturated heterocycles. The van der Waals surface area contributed by atoms with Crippen molar-refractivity contribution in [3.63, 3.8) is 0 Å². The predicted octanol–water partition coefficient (Wildman–Crippen LogP) is 2.07. The van der Waals surface area contributed by atoms with Gasteiger partial charge >= 0.3 is 0 Å². The number of pyridine rings is 1. The van der Waals surface area contributed by atoms with Crippen LogP contribution in [0.4, 0.5) is 5.69 Å². The molecule has 7 nitrogen and oxygen atoms in total. The number of hydrogen-bond donors (Lipinski definition) is 0. The number of carbonyl (C=O) groups excluding carboxylic acids is 1. The van der Waals surface area contributed by atoms with Gasteiger partial charge in [-0.3, -0.25) is 19.9 Å². The standard InChI is InChI=1S/C16H17N3O4/c1-18(11-9-13-4-2-3-10-17-13)16(20)12-23-15-7-5-14(6-8-15)19(21)22/h2-8,10H,9,11-12H2,1H3. The van der Waals surface area contributed by atoms with Crippen LogP contribution in [-0.4, -0.2) is 40.9 Å². The Labute approximate surface area is 133 Å². The van der Waals surface area contributed by atoms with Gasteiger partial charge in [0.15, 0.2) is 6.61 Å². The van der Waals surface area contributed by atoms with Gasteiger partial charge in [0.1, 0.15) is 5.75 Å². The number of carbonyl (C=O) groups is 1. The third-order valence-electron chi connectivity index (χ3n) is 3.27. The summed E-state index contributed by atoms with van der Waals surface area (Å²) in [7, 11) is 1.70. The molecule has 0 unspecified atom stereocenters. The van der Waals surface area contributed by atoms with Gasteiger partial charge in [-0.05, 0) is 24.3 Å². The van der Waals surface area contributed by atoms with Gasteiger partial charge < -0.3 is 9.64 Å². The Morgan fingerprint density at radius 3 is 2.61 bits per heavy atom. The zero-order valence-electron chi connectivity index (χ0n) is 12.7. The van der Waals surface area contributed by atoms with Crippen LogP contribution in [-0.2, 0) is 11.2 Å². The molecule has 0 aliphatic heterocycles. The SMILES string of the molecule is CN(CCc1ccccn1)C(=O)COc1ccc([N+](=O)[O-])cc1. The van der Waals surface area contributed by atoms with Gasteiger partial charge in [0, 0.05) is 44.0 Å². The first-order valence-corrected chi connectivity index (χ1v) is 7.07. The highest BCUT2D eigenvalue weighted by molar-refractivity contribution is 5.77. The Balaban J connectivity index is 1.78. The summed E-state index contributed by atoms with van der Waals surface area (Å²) in [6.45, 7) is 0.427. The number of nitrogens with zero attached hydrogens (tertiary/aromatic N) is 3. The molecule has 0 bridgehead atoms. The summed E-state index contributed by atoms with van der Waals surface area (Å²) in [4.78, 5) is 27.8. The lowest BCUT2D eigenvalue weighted by molar-refractivity contribution is -0.384. The van der Waals surface area contributed by atoms with E-state index < -0.39 is 4.92 Å². The first-order valence-electron chi connectivity index (χ1n) is 7.07. The van der Waals surface area contributed by atoms with Crippen LogP contribution in [0.2, 0.25) is 0 Å². The Bertz CT molecular complexity index is 659. The molecule has 0 radical (unpaired) electrons. The lowest BCUT2D eigenvalue weighted by atomic mass is 10.2. The molecular weight excluding hydrogens is 298 g/mol. The first-order chi connectivity index (χ1) is 11.1. The number of nitro benzene ring substituents is 1. The Morgan fingerprint density at radius 2 is 2.00 bits per heavy atom. The van der Waals surface area contributed by atoms with Crippen molar-refractivity contribution < 1.29 is 14.5 Å². The fourth-order valence-electron chi connectivity index (χ4n) is 1.87. The smallest absolute Gasteiger partial charge is 0.269 e. The minimum atomic E-state index is -0.486. The molecule has 1 amide bonds. The minimum Gasteiger partial charge on any atom is -0.484 e. The molecule has 0 fully saturated rings. The second kappa shape index (κ2) is 7.88. The van der Waals surface area contributed by atoms with Crippen molar-refractivity contribution in [1.29, 1.82) is 0 Å². The van der Waals surface area contributed by atoms with Gasteiger partial charge in [-0.2, -0.15) is 0 Å². The second-order valence-electron chi connectivity index (χ2n) is 4.93. The summed E-state index contributed by atoms with van der Waals surface area (Å²) in [5.74, 6) is 0.251. The lowest BCUT2D eigenvalue weighted by Gasteiger charge is -2.17. The van der Waals surface area contributed by atoms with Crippen LogP contribution in [0.25, 0.3) is 0 Å². The van der Waals surface area contributed by atoms with Gasteiger partial charge in [-0.25, -0.2) is 0 Å². The maximum absolute atomic E-state index is 12.0. The third-order valence-corrected chi connectivity index (χ3v) is 3.27. The van der Waals surface area contributed by atoms with Gasteiger partial charge in [0.2, 0.25) is 0 Å². The third kappa shape index (κ3) is 5.06. The van der Waals surface area contributed by atoms with E-state index in [0.29, 0.717) is 18.7 Å². The van der Waals surface area contributed by atoms with E-state index in [9.17, 15) is 14.9 Å². The topological polar surface area (TPSA) is 85.6 Å². The molecule has 0 aliphatic rings. The molecule has 7 heteroatoms. The fraction of sp³-hybridized carbons (Fsp3) is 0.250. The van der Waals surface area contributed by atoms with Crippen molar-refractivity contribution in [2.45, 2.75) is 6.42 Å². The van der Waals surface area contributed by atoms with Crippen LogP contribution in [0.15, 0.2) is 48.7 Å². The van der Waals surface area contributed by atoms with Crippen molar-refractivity contribution in [3.05, 3.63) is 64.5 Å². The maximum Gasteiger partial charge on any atom is 0.269 e. The molecular formula is C16H17N3O4. The molecule has 120 valence electrons. The van der Waals surface area contributed by atoms with E-state index in [1.807, 2.05) is 18.2 Å². The van der Waals surface area contributed by atoms with Crippen LogP contribution < -0.4 is 4.74 Å². The predicted molar refractivity (Wildman–Crippen MR) is 84.2 cm³/mol. The molecule has 0 saturated carbocycles. The van der Waals surface area contributed by atoms with Crippen LogP contribution in [0.3, 0.4) is 0 Å². The summed E-state index contributed by atoms with van der Waals surface area (Å²) in [6.07, 6.45) is 2.38. The van der Waals surface area contributed by atoms with Crippen LogP contribution in [0.1, 0.15) is 5.69 Å². The van der Waals surface area contributed by atoms with E-state index in [-0.39, 0.29) is 18.2 Å². The molecule has 23 heavy (non-hydrogen) atoms. The molecule has 1 aromatic carbocycles. The Kier molecular flexibility index (Phi) is 5.62. The number of amides is 1. The minimum absolute atomic E-state index is 0.0174.